The van der Waals surface area contributed by atoms with E-state index in [1.165, 1.54) is 6.07 Å². The zero-order valence-electron chi connectivity index (χ0n) is 14.2. The van der Waals surface area contributed by atoms with Crippen LogP contribution >= 0.6 is 12.4 Å². The predicted molar refractivity (Wildman–Crippen MR) is 97.2 cm³/mol. The SMILES string of the molecule is CCC(C)C(N)C(=O)Nc1ccc(NCC2CCCO2)c(F)c1.Cl. The summed E-state index contributed by atoms with van der Waals surface area (Å²) < 4.78 is 19.6. The van der Waals surface area contributed by atoms with Crippen molar-refractivity contribution in [2.75, 3.05) is 23.8 Å². The Hall–Kier alpha value is -1.37. The maximum atomic E-state index is 14.1. The number of carbonyl (C=O) groups excluding carboxylic acids is 1. The molecule has 1 aliphatic rings. The summed E-state index contributed by atoms with van der Waals surface area (Å²) in [5.74, 6) is -0.621. The van der Waals surface area contributed by atoms with Crippen molar-refractivity contribution in [2.24, 2.45) is 11.7 Å². The van der Waals surface area contributed by atoms with Gasteiger partial charge in [0.1, 0.15) is 5.82 Å². The van der Waals surface area contributed by atoms with Crippen molar-refractivity contribution in [1.82, 2.24) is 0 Å². The van der Waals surface area contributed by atoms with Crippen LogP contribution in [0.3, 0.4) is 0 Å². The van der Waals surface area contributed by atoms with Crippen molar-refractivity contribution in [2.45, 2.75) is 45.3 Å². The molecule has 24 heavy (non-hydrogen) atoms. The lowest BCUT2D eigenvalue weighted by Gasteiger charge is -2.18. The Morgan fingerprint density at radius 3 is 2.83 bits per heavy atom. The first-order chi connectivity index (χ1) is 11.0. The molecule has 0 aromatic heterocycles. The van der Waals surface area contributed by atoms with Gasteiger partial charge in [-0.1, -0.05) is 20.3 Å². The largest absolute Gasteiger partial charge is 0.380 e. The van der Waals surface area contributed by atoms with Gasteiger partial charge in [0.15, 0.2) is 0 Å². The van der Waals surface area contributed by atoms with Crippen molar-refractivity contribution < 1.29 is 13.9 Å². The van der Waals surface area contributed by atoms with Gasteiger partial charge in [-0.3, -0.25) is 4.79 Å². The second-order valence-electron chi connectivity index (χ2n) is 6.11. The maximum Gasteiger partial charge on any atom is 0.241 e. The smallest absolute Gasteiger partial charge is 0.241 e. The highest BCUT2D eigenvalue weighted by molar-refractivity contribution is 5.95. The molecule has 1 aromatic rings. The van der Waals surface area contributed by atoms with Crippen LogP contribution in [0.25, 0.3) is 0 Å². The summed E-state index contributed by atoms with van der Waals surface area (Å²) in [7, 11) is 0. The van der Waals surface area contributed by atoms with Crippen LogP contribution in [0, 0.1) is 11.7 Å². The Kier molecular flexibility index (Phi) is 8.45. The summed E-state index contributed by atoms with van der Waals surface area (Å²) in [5.41, 5.74) is 6.69. The lowest BCUT2D eigenvalue weighted by molar-refractivity contribution is -0.118. The fourth-order valence-electron chi connectivity index (χ4n) is 2.50. The summed E-state index contributed by atoms with van der Waals surface area (Å²) in [6, 6.07) is 4.00. The second kappa shape index (κ2) is 9.81. The standard InChI is InChI=1S/C17H26FN3O2.ClH/c1-3-11(2)16(19)17(22)21-12-6-7-15(14(18)9-12)20-10-13-5-4-8-23-13;/h6-7,9,11,13,16,20H,3-5,8,10,19H2,1-2H3,(H,21,22);1H. The number of nitrogens with two attached hydrogens (primary N) is 1. The molecule has 7 heteroatoms. The van der Waals surface area contributed by atoms with Gasteiger partial charge in [-0.25, -0.2) is 4.39 Å². The Labute approximate surface area is 148 Å². The molecule has 3 unspecified atom stereocenters. The monoisotopic (exact) mass is 359 g/mol. The van der Waals surface area contributed by atoms with E-state index in [1.54, 1.807) is 12.1 Å². The van der Waals surface area contributed by atoms with Gasteiger partial charge in [-0.2, -0.15) is 0 Å². The number of ether oxygens (including phenoxy) is 1. The van der Waals surface area contributed by atoms with Crippen molar-refractivity contribution in [1.29, 1.82) is 0 Å². The molecule has 1 aliphatic heterocycles. The summed E-state index contributed by atoms with van der Waals surface area (Å²) in [5, 5.41) is 5.71. The number of nitrogens with one attached hydrogen (secondary N) is 2. The Morgan fingerprint density at radius 2 is 2.25 bits per heavy atom. The lowest BCUT2D eigenvalue weighted by atomic mass is 9.99. The van der Waals surface area contributed by atoms with Gasteiger partial charge >= 0.3 is 0 Å². The van der Waals surface area contributed by atoms with Crippen LogP contribution in [0.2, 0.25) is 0 Å². The van der Waals surface area contributed by atoms with Crippen LogP contribution in [-0.2, 0) is 9.53 Å². The van der Waals surface area contributed by atoms with Crippen LogP contribution in [-0.4, -0.2) is 31.2 Å². The van der Waals surface area contributed by atoms with Gasteiger partial charge in [0.05, 0.1) is 17.8 Å². The molecule has 136 valence electrons. The number of benzene rings is 1. The van der Waals surface area contributed by atoms with Crippen LogP contribution in [0.15, 0.2) is 18.2 Å². The maximum absolute atomic E-state index is 14.1. The molecular formula is C17H27ClFN3O2. The van der Waals surface area contributed by atoms with Crippen molar-refractivity contribution >= 4 is 29.7 Å². The zero-order valence-corrected chi connectivity index (χ0v) is 15.0. The molecule has 2 rings (SSSR count). The van der Waals surface area contributed by atoms with Crippen LogP contribution < -0.4 is 16.4 Å². The van der Waals surface area contributed by atoms with E-state index < -0.39 is 11.9 Å². The molecule has 0 aliphatic carbocycles. The van der Waals surface area contributed by atoms with E-state index in [4.69, 9.17) is 10.5 Å². The molecule has 0 saturated carbocycles. The molecule has 1 fully saturated rings. The van der Waals surface area contributed by atoms with Crippen LogP contribution in [0.5, 0.6) is 0 Å². The molecule has 0 radical (unpaired) electrons. The number of halogens is 2. The van der Waals surface area contributed by atoms with E-state index in [-0.39, 0.29) is 30.3 Å². The number of hydrogen-bond donors (Lipinski definition) is 3. The van der Waals surface area contributed by atoms with Crippen LogP contribution in [0.4, 0.5) is 15.8 Å². The number of hydrogen-bond acceptors (Lipinski definition) is 4. The van der Waals surface area contributed by atoms with E-state index in [1.807, 2.05) is 13.8 Å². The van der Waals surface area contributed by atoms with Gasteiger partial charge in [-0.15, -0.1) is 12.4 Å². The number of anilines is 2. The topological polar surface area (TPSA) is 76.4 Å². The predicted octanol–water partition coefficient (Wildman–Crippen LogP) is 3.15. The van der Waals surface area contributed by atoms with E-state index in [0.29, 0.717) is 17.9 Å². The third-order valence-corrected chi connectivity index (χ3v) is 4.34. The quantitative estimate of drug-likeness (QED) is 0.699. The minimum atomic E-state index is -0.597. The van der Waals surface area contributed by atoms with Gasteiger partial charge in [0, 0.05) is 18.8 Å². The Balaban J connectivity index is 0.00000288. The minimum Gasteiger partial charge on any atom is -0.380 e. The van der Waals surface area contributed by atoms with E-state index in [0.717, 1.165) is 25.9 Å². The minimum absolute atomic E-state index is 0. The van der Waals surface area contributed by atoms with Crippen LogP contribution in [0.1, 0.15) is 33.1 Å². The first-order valence-corrected chi connectivity index (χ1v) is 8.22. The Bertz CT molecular complexity index is 539. The molecule has 4 N–H and O–H groups in total. The number of carbonyl (C=O) groups is 1. The zero-order chi connectivity index (χ0) is 16.8. The summed E-state index contributed by atoms with van der Waals surface area (Å²) in [6.07, 6.45) is 3.00. The highest BCUT2D eigenvalue weighted by Gasteiger charge is 2.20. The van der Waals surface area contributed by atoms with Crippen molar-refractivity contribution in [3.63, 3.8) is 0 Å². The van der Waals surface area contributed by atoms with Gasteiger partial charge in [-0.05, 0) is 37.0 Å². The fraction of sp³-hybridized carbons (Fsp3) is 0.588. The van der Waals surface area contributed by atoms with Gasteiger partial charge in [0.2, 0.25) is 5.91 Å². The average Bonchev–Trinajstić information content (AvgIpc) is 3.06. The normalized spacial score (nSPS) is 19.2. The third kappa shape index (κ3) is 5.61. The molecular weight excluding hydrogens is 333 g/mol. The number of amides is 1. The summed E-state index contributed by atoms with van der Waals surface area (Å²) >= 11 is 0. The first kappa shape index (κ1) is 20.7. The van der Waals surface area contributed by atoms with Gasteiger partial charge < -0.3 is 21.1 Å². The van der Waals surface area contributed by atoms with Gasteiger partial charge in [0.25, 0.3) is 0 Å². The fourth-order valence-corrected chi connectivity index (χ4v) is 2.50. The lowest BCUT2D eigenvalue weighted by Crippen LogP contribution is -2.40. The molecule has 3 atom stereocenters. The molecule has 1 saturated heterocycles. The average molecular weight is 360 g/mol. The molecule has 1 heterocycles. The first-order valence-electron chi connectivity index (χ1n) is 8.22. The second-order valence-corrected chi connectivity index (χ2v) is 6.11. The van der Waals surface area contributed by atoms with E-state index >= 15 is 0 Å². The highest BCUT2D eigenvalue weighted by atomic mass is 35.5. The summed E-state index contributed by atoms with van der Waals surface area (Å²) in [4.78, 5) is 12.0. The third-order valence-electron chi connectivity index (χ3n) is 4.34. The molecule has 1 amide bonds. The molecule has 1 aromatic carbocycles. The van der Waals surface area contributed by atoms with E-state index in [2.05, 4.69) is 10.6 Å². The molecule has 5 nitrogen and oxygen atoms in total. The number of rotatable bonds is 7. The Morgan fingerprint density at radius 1 is 1.50 bits per heavy atom. The summed E-state index contributed by atoms with van der Waals surface area (Å²) in [6.45, 7) is 5.26. The van der Waals surface area contributed by atoms with E-state index in [9.17, 15) is 9.18 Å². The van der Waals surface area contributed by atoms with Crippen molar-refractivity contribution in [3.8, 4) is 0 Å². The van der Waals surface area contributed by atoms with Crippen molar-refractivity contribution in [3.05, 3.63) is 24.0 Å². The molecule has 0 spiro atoms. The highest BCUT2D eigenvalue weighted by Crippen LogP contribution is 2.21. The molecule has 0 bridgehead atoms.